The van der Waals surface area contributed by atoms with Gasteiger partial charge in [0.25, 0.3) is 0 Å². The summed E-state index contributed by atoms with van der Waals surface area (Å²) >= 11 is 0. The third-order valence-electron chi connectivity index (χ3n) is 8.25. The Kier molecular flexibility index (Phi) is 11.0. The number of nitrogens with one attached hydrogen (secondary N) is 2. The predicted octanol–water partition coefficient (Wildman–Crippen LogP) is 3.07. The van der Waals surface area contributed by atoms with Crippen LogP contribution < -0.4 is 10.6 Å². The number of nitrogens with zero attached hydrogens (tertiary/aromatic N) is 5. The van der Waals surface area contributed by atoms with E-state index in [0.717, 1.165) is 11.1 Å². The monoisotopic (exact) mass is 631 g/mol. The van der Waals surface area contributed by atoms with Crippen molar-refractivity contribution >= 4 is 22.9 Å². The number of ether oxygens (including phenoxy) is 2. The van der Waals surface area contributed by atoms with Crippen LogP contribution in [0.15, 0.2) is 67.0 Å². The van der Waals surface area contributed by atoms with Crippen molar-refractivity contribution in [1.29, 1.82) is 0 Å². The van der Waals surface area contributed by atoms with Crippen molar-refractivity contribution in [2.75, 3.05) is 32.1 Å². The highest BCUT2D eigenvalue weighted by Gasteiger charge is 2.44. The number of imidazole rings is 1. The Morgan fingerprint density at radius 3 is 2.20 bits per heavy atom. The molecule has 2 aromatic carbocycles. The molecule has 4 N–H and O–H groups in total. The van der Waals surface area contributed by atoms with Gasteiger partial charge in [0, 0.05) is 31.7 Å². The number of anilines is 1. The summed E-state index contributed by atoms with van der Waals surface area (Å²) in [7, 11) is 1.51. The van der Waals surface area contributed by atoms with Gasteiger partial charge in [-0.2, -0.15) is 0 Å². The van der Waals surface area contributed by atoms with Crippen LogP contribution in [0.1, 0.15) is 56.8 Å². The molecule has 0 saturated carbocycles. The standard InChI is InChI=1S/C34H45N7O5/c1-21(2)41(22(3)4)28(42)18-35-17-27-38-32(36-16-25(23-12-8-6-9-13-23)24-14-10-7-11-15-24)29-33(39-27)40(20-37-29)34-31(44)30(43)26(46-34)19-45-5/h6-15,20-22,25-26,30-31,34-35,43-44H,16-19H2,1-5H3,(H,36,38,39)/t26-,30-,31-,34-/m1/s1. The molecule has 2 aromatic heterocycles. The molecule has 0 aliphatic carbocycles. The fourth-order valence-corrected chi connectivity index (χ4v) is 6.15. The van der Waals surface area contributed by atoms with Gasteiger partial charge in [-0.25, -0.2) is 15.0 Å². The van der Waals surface area contributed by atoms with Gasteiger partial charge in [0.2, 0.25) is 5.91 Å². The summed E-state index contributed by atoms with van der Waals surface area (Å²) in [4.78, 5) is 29.1. The van der Waals surface area contributed by atoms with Crippen molar-refractivity contribution in [1.82, 2.24) is 29.7 Å². The van der Waals surface area contributed by atoms with E-state index in [4.69, 9.17) is 19.4 Å². The highest BCUT2D eigenvalue weighted by molar-refractivity contribution is 5.83. The van der Waals surface area contributed by atoms with E-state index in [-0.39, 0.29) is 43.6 Å². The molecular weight excluding hydrogens is 586 g/mol. The molecule has 4 atom stereocenters. The number of methoxy groups -OCH3 is 1. The molecule has 5 rings (SSSR count). The van der Waals surface area contributed by atoms with Crippen LogP contribution in [0.5, 0.6) is 0 Å². The van der Waals surface area contributed by atoms with Crippen LogP contribution in [0.3, 0.4) is 0 Å². The van der Waals surface area contributed by atoms with Crippen molar-refractivity contribution in [3.63, 3.8) is 0 Å². The lowest BCUT2D eigenvalue weighted by Gasteiger charge is -2.30. The van der Waals surface area contributed by atoms with Crippen molar-refractivity contribution in [2.24, 2.45) is 0 Å². The number of hydrogen-bond donors (Lipinski definition) is 4. The van der Waals surface area contributed by atoms with Crippen molar-refractivity contribution in [2.45, 2.75) is 76.8 Å². The van der Waals surface area contributed by atoms with E-state index < -0.39 is 24.5 Å². The number of hydrogen-bond acceptors (Lipinski definition) is 10. The molecule has 1 fully saturated rings. The minimum atomic E-state index is -1.22. The zero-order valence-corrected chi connectivity index (χ0v) is 27.1. The molecule has 1 aliphatic heterocycles. The predicted molar refractivity (Wildman–Crippen MR) is 175 cm³/mol. The summed E-state index contributed by atoms with van der Waals surface area (Å²) in [6, 6.07) is 20.7. The molecule has 0 spiro atoms. The summed E-state index contributed by atoms with van der Waals surface area (Å²) in [5.74, 6) is 0.958. The van der Waals surface area contributed by atoms with Gasteiger partial charge < -0.3 is 35.2 Å². The van der Waals surface area contributed by atoms with E-state index in [1.54, 1.807) is 4.57 Å². The van der Waals surface area contributed by atoms with E-state index in [2.05, 4.69) is 39.9 Å². The molecular formula is C34H45N7O5. The van der Waals surface area contributed by atoms with E-state index >= 15 is 0 Å². The molecule has 0 radical (unpaired) electrons. The lowest BCUT2D eigenvalue weighted by Crippen LogP contribution is -2.46. The Balaban J connectivity index is 1.46. The lowest BCUT2D eigenvalue weighted by molar-refractivity contribution is -0.133. The van der Waals surface area contributed by atoms with E-state index in [9.17, 15) is 15.0 Å². The zero-order valence-electron chi connectivity index (χ0n) is 27.1. The first-order valence-electron chi connectivity index (χ1n) is 15.8. The SMILES string of the molecule is COC[C@H]1O[C@@H](n2cnc3c(NCC(c4ccccc4)c4ccccc4)nc(CNCC(=O)N(C(C)C)C(C)C)nc32)[C@H](O)[C@@H]1O. The molecule has 0 bridgehead atoms. The van der Waals surface area contributed by atoms with Crippen molar-refractivity contribution < 1.29 is 24.5 Å². The first-order chi connectivity index (χ1) is 22.2. The van der Waals surface area contributed by atoms with Gasteiger partial charge >= 0.3 is 0 Å². The number of aromatic nitrogens is 4. The van der Waals surface area contributed by atoms with Crippen molar-refractivity contribution in [3.05, 3.63) is 83.9 Å². The van der Waals surface area contributed by atoms with Crippen LogP contribution in [0.2, 0.25) is 0 Å². The average Bonchev–Trinajstić information content (AvgIpc) is 3.58. The molecule has 46 heavy (non-hydrogen) atoms. The summed E-state index contributed by atoms with van der Waals surface area (Å²) in [6.45, 7) is 8.98. The third-order valence-corrected chi connectivity index (χ3v) is 8.25. The maximum absolute atomic E-state index is 13.0. The van der Waals surface area contributed by atoms with Crippen LogP contribution in [0.25, 0.3) is 11.2 Å². The van der Waals surface area contributed by atoms with Crippen LogP contribution in [-0.4, -0.2) is 97.7 Å². The van der Waals surface area contributed by atoms with Gasteiger partial charge in [-0.05, 0) is 38.8 Å². The number of rotatable bonds is 14. The second-order valence-electron chi connectivity index (χ2n) is 12.2. The molecule has 1 amide bonds. The van der Waals surface area contributed by atoms with Gasteiger partial charge in [0.05, 0.1) is 26.0 Å². The Morgan fingerprint density at radius 2 is 1.61 bits per heavy atom. The fourth-order valence-electron chi connectivity index (χ4n) is 6.15. The van der Waals surface area contributed by atoms with Crippen molar-refractivity contribution in [3.8, 4) is 0 Å². The summed E-state index contributed by atoms with van der Waals surface area (Å²) in [5, 5.41) is 28.2. The molecule has 246 valence electrons. The van der Waals surface area contributed by atoms with Crippen LogP contribution in [0.4, 0.5) is 5.82 Å². The Morgan fingerprint density at radius 1 is 0.978 bits per heavy atom. The summed E-state index contributed by atoms with van der Waals surface area (Å²) in [6.07, 6.45) is -2.47. The second kappa shape index (κ2) is 15.1. The highest BCUT2D eigenvalue weighted by Crippen LogP contribution is 2.33. The number of fused-ring (bicyclic) bond motifs is 1. The second-order valence-corrected chi connectivity index (χ2v) is 12.2. The summed E-state index contributed by atoms with van der Waals surface area (Å²) < 4.78 is 12.8. The van der Waals surface area contributed by atoms with E-state index in [1.165, 1.54) is 13.4 Å². The average molecular weight is 632 g/mol. The number of benzene rings is 2. The fraction of sp³-hybridized carbons (Fsp3) is 0.471. The first kappa shape index (κ1) is 33.4. The van der Waals surface area contributed by atoms with Gasteiger partial charge in [0.15, 0.2) is 23.2 Å². The maximum Gasteiger partial charge on any atom is 0.236 e. The van der Waals surface area contributed by atoms with Gasteiger partial charge in [0.1, 0.15) is 24.1 Å². The zero-order chi connectivity index (χ0) is 32.8. The minimum Gasteiger partial charge on any atom is -0.387 e. The molecule has 0 unspecified atom stereocenters. The number of carbonyl (C=O) groups is 1. The Labute approximate surface area is 269 Å². The number of aliphatic hydroxyl groups is 2. The smallest absolute Gasteiger partial charge is 0.236 e. The lowest BCUT2D eigenvalue weighted by atomic mass is 9.91. The molecule has 3 heterocycles. The minimum absolute atomic E-state index is 0.0105. The molecule has 12 heteroatoms. The van der Waals surface area contributed by atoms with Crippen LogP contribution >= 0.6 is 0 Å². The normalized spacial score (nSPS) is 19.9. The third kappa shape index (κ3) is 7.37. The molecule has 1 saturated heterocycles. The topological polar surface area (TPSA) is 147 Å². The molecule has 1 aliphatic rings. The highest BCUT2D eigenvalue weighted by atomic mass is 16.6. The molecule has 12 nitrogen and oxygen atoms in total. The van der Waals surface area contributed by atoms with E-state index in [1.807, 2.05) is 69.0 Å². The Bertz CT molecular complexity index is 1520. The maximum atomic E-state index is 13.0. The number of amides is 1. The van der Waals surface area contributed by atoms with Gasteiger partial charge in [-0.15, -0.1) is 0 Å². The number of carbonyl (C=O) groups excluding carboxylic acids is 1. The first-order valence-corrected chi connectivity index (χ1v) is 15.8. The van der Waals surface area contributed by atoms with Crippen LogP contribution in [0, 0.1) is 0 Å². The largest absolute Gasteiger partial charge is 0.387 e. The van der Waals surface area contributed by atoms with Crippen LogP contribution in [-0.2, 0) is 20.8 Å². The molecule has 4 aromatic rings. The van der Waals surface area contributed by atoms with Gasteiger partial charge in [-0.1, -0.05) is 60.7 Å². The Hall–Kier alpha value is -3.94. The van der Waals surface area contributed by atoms with Gasteiger partial charge in [-0.3, -0.25) is 9.36 Å². The summed E-state index contributed by atoms with van der Waals surface area (Å²) in [5.41, 5.74) is 3.22. The quantitative estimate of drug-likeness (QED) is 0.164. The number of aliphatic hydroxyl groups excluding tert-OH is 2. The van der Waals surface area contributed by atoms with E-state index in [0.29, 0.717) is 29.4 Å².